The van der Waals surface area contributed by atoms with E-state index in [1.165, 1.54) is 24.1 Å². The number of sulfonamides is 1. The van der Waals surface area contributed by atoms with Crippen molar-refractivity contribution in [3.05, 3.63) is 36.2 Å². The van der Waals surface area contributed by atoms with Gasteiger partial charge in [0.15, 0.2) is 11.6 Å². The predicted molar refractivity (Wildman–Crippen MR) is 92.7 cm³/mol. The molecule has 4 rings (SSSR count). The van der Waals surface area contributed by atoms with Crippen LogP contribution in [0.1, 0.15) is 12.8 Å². The summed E-state index contributed by atoms with van der Waals surface area (Å²) in [6.45, 7) is 0.0562. The van der Waals surface area contributed by atoms with E-state index in [1.54, 1.807) is 0 Å². The number of ether oxygens (including phenoxy) is 1. The van der Waals surface area contributed by atoms with Gasteiger partial charge in [-0.25, -0.2) is 12.8 Å². The molecule has 2 saturated heterocycles. The zero-order chi connectivity index (χ0) is 19.3. The first-order valence-electron chi connectivity index (χ1n) is 8.70. The lowest BCUT2D eigenvalue weighted by atomic mass is 9.85. The van der Waals surface area contributed by atoms with Crippen molar-refractivity contribution in [2.45, 2.75) is 23.8 Å². The Bertz CT molecular complexity index is 913. The predicted octanol–water partition coefficient (Wildman–Crippen LogP) is 1.16. The molecule has 0 spiro atoms. The Balaban J connectivity index is 1.48. The quantitative estimate of drug-likeness (QED) is 0.565. The van der Waals surface area contributed by atoms with Crippen molar-refractivity contribution in [1.29, 1.82) is 0 Å². The summed E-state index contributed by atoms with van der Waals surface area (Å²) in [5, 5.41) is 0. The van der Waals surface area contributed by atoms with Crippen molar-refractivity contribution in [1.82, 2.24) is 9.21 Å². The van der Waals surface area contributed by atoms with Crippen molar-refractivity contribution in [3.8, 4) is 5.75 Å². The van der Waals surface area contributed by atoms with Gasteiger partial charge in [-0.1, -0.05) is 12.2 Å². The summed E-state index contributed by atoms with van der Waals surface area (Å²) >= 11 is 0. The minimum atomic E-state index is -3.90. The molecule has 1 aromatic rings. The van der Waals surface area contributed by atoms with Gasteiger partial charge in [-0.2, -0.15) is 4.31 Å². The first-order valence-corrected chi connectivity index (χ1v) is 10.1. The highest BCUT2D eigenvalue weighted by atomic mass is 32.2. The number of carbonyl (C=O) groups is 2. The van der Waals surface area contributed by atoms with Gasteiger partial charge in [0.1, 0.15) is 0 Å². The second-order valence-corrected chi connectivity index (χ2v) is 8.91. The van der Waals surface area contributed by atoms with E-state index < -0.39 is 21.9 Å². The van der Waals surface area contributed by atoms with Crippen molar-refractivity contribution < 1.29 is 27.1 Å². The molecule has 0 N–H and O–H groups in total. The molecule has 2 aliphatic heterocycles. The Hall–Kier alpha value is -2.26. The number of rotatable bonds is 4. The number of allylic oxidation sites excluding steroid dienone is 2. The van der Waals surface area contributed by atoms with Gasteiger partial charge in [0.25, 0.3) is 0 Å². The van der Waals surface area contributed by atoms with Crippen LogP contribution < -0.4 is 4.74 Å². The maximum absolute atomic E-state index is 13.8. The van der Waals surface area contributed by atoms with Crippen LogP contribution in [0.2, 0.25) is 0 Å². The molecule has 144 valence electrons. The van der Waals surface area contributed by atoms with Crippen molar-refractivity contribution in [3.63, 3.8) is 0 Å². The lowest BCUT2D eigenvalue weighted by Crippen LogP contribution is -2.62. The number of methoxy groups -OCH3 is 1. The molecule has 0 bridgehead atoms. The maximum atomic E-state index is 13.8. The first-order chi connectivity index (χ1) is 12.8. The fourth-order valence-electron chi connectivity index (χ4n) is 3.92. The van der Waals surface area contributed by atoms with Gasteiger partial charge in [0, 0.05) is 13.1 Å². The number of benzene rings is 1. The standard InChI is InChI=1S/C18H19FN2O5S/c1-26-16-7-6-12(8-15(16)19)27(24,25)20-9-11(10-20)21-17(22)13-4-2-3-5-14(13)18(21)23/h2-3,6-8,11,13-14H,4-5,9-10H2,1H3/t13-,14-/m1/s1. The smallest absolute Gasteiger partial charge is 0.243 e. The van der Waals surface area contributed by atoms with Crippen LogP contribution >= 0.6 is 0 Å². The molecule has 2 atom stereocenters. The largest absolute Gasteiger partial charge is 0.494 e. The number of carbonyl (C=O) groups excluding carboxylic acids is 2. The van der Waals surface area contributed by atoms with Gasteiger partial charge in [-0.15, -0.1) is 0 Å². The number of amides is 2. The van der Waals surface area contributed by atoms with Crippen LogP contribution in [-0.2, 0) is 19.6 Å². The summed E-state index contributed by atoms with van der Waals surface area (Å²) in [6, 6.07) is 2.98. The third-order valence-electron chi connectivity index (χ3n) is 5.50. The maximum Gasteiger partial charge on any atom is 0.243 e. The van der Waals surface area contributed by atoms with Crippen LogP contribution in [0.4, 0.5) is 4.39 Å². The summed E-state index contributed by atoms with van der Waals surface area (Å²) in [6.07, 6.45) is 4.91. The molecule has 7 nitrogen and oxygen atoms in total. The Labute approximate surface area is 156 Å². The molecular formula is C18H19FN2O5S. The molecule has 3 aliphatic rings. The molecule has 9 heteroatoms. The highest BCUT2D eigenvalue weighted by molar-refractivity contribution is 7.89. The van der Waals surface area contributed by atoms with Gasteiger partial charge in [0.2, 0.25) is 21.8 Å². The highest BCUT2D eigenvalue weighted by Gasteiger charge is 2.53. The van der Waals surface area contributed by atoms with Crippen LogP contribution in [-0.4, -0.2) is 55.7 Å². The van der Waals surface area contributed by atoms with Crippen LogP contribution in [0.5, 0.6) is 5.75 Å². The van der Waals surface area contributed by atoms with E-state index in [1.807, 2.05) is 12.2 Å². The topological polar surface area (TPSA) is 84.0 Å². The Morgan fingerprint density at radius 2 is 1.67 bits per heavy atom. The van der Waals surface area contributed by atoms with E-state index in [4.69, 9.17) is 4.74 Å². The van der Waals surface area contributed by atoms with E-state index in [-0.39, 0.29) is 47.4 Å². The van der Waals surface area contributed by atoms with Gasteiger partial charge in [-0.05, 0) is 31.0 Å². The monoisotopic (exact) mass is 394 g/mol. The van der Waals surface area contributed by atoms with Crippen LogP contribution in [0, 0.1) is 17.7 Å². The zero-order valence-electron chi connectivity index (χ0n) is 14.7. The van der Waals surface area contributed by atoms with Crippen molar-refractivity contribution in [2.24, 2.45) is 11.8 Å². The second-order valence-electron chi connectivity index (χ2n) is 6.97. The molecular weight excluding hydrogens is 375 g/mol. The minimum absolute atomic E-state index is 0.0281. The highest BCUT2D eigenvalue weighted by Crippen LogP contribution is 2.38. The zero-order valence-corrected chi connectivity index (χ0v) is 15.5. The molecule has 27 heavy (non-hydrogen) atoms. The van der Waals surface area contributed by atoms with E-state index in [9.17, 15) is 22.4 Å². The first kappa shape index (κ1) is 18.1. The SMILES string of the molecule is COc1ccc(S(=O)(=O)N2CC(N3C(=O)[C@@H]4CC=CC[C@H]4C3=O)C2)cc1F. The van der Waals surface area contributed by atoms with E-state index in [0.717, 1.165) is 10.4 Å². The van der Waals surface area contributed by atoms with Gasteiger partial charge < -0.3 is 4.74 Å². The normalized spacial score (nSPS) is 26.2. The fraction of sp³-hybridized carbons (Fsp3) is 0.444. The molecule has 2 heterocycles. The molecule has 0 aromatic heterocycles. The second kappa shape index (κ2) is 6.42. The number of likely N-dealkylation sites (tertiary alicyclic amines) is 1. The average Bonchev–Trinajstić information content (AvgIpc) is 2.86. The minimum Gasteiger partial charge on any atom is -0.494 e. The Kier molecular flexibility index (Phi) is 4.31. The van der Waals surface area contributed by atoms with Crippen LogP contribution in [0.3, 0.4) is 0 Å². The summed E-state index contributed by atoms with van der Waals surface area (Å²) in [5.74, 6) is -1.90. The molecule has 2 fully saturated rings. The summed E-state index contributed by atoms with van der Waals surface area (Å²) in [7, 11) is -2.60. The summed E-state index contributed by atoms with van der Waals surface area (Å²) < 4.78 is 45.1. The fourth-order valence-corrected chi connectivity index (χ4v) is 5.45. The molecule has 0 radical (unpaired) electrons. The Morgan fingerprint density at radius 1 is 1.07 bits per heavy atom. The molecule has 0 unspecified atom stereocenters. The van der Waals surface area contributed by atoms with Crippen molar-refractivity contribution >= 4 is 21.8 Å². The lowest BCUT2D eigenvalue weighted by Gasteiger charge is -2.42. The van der Waals surface area contributed by atoms with Crippen molar-refractivity contribution in [2.75, 3.05) is 20.2 Å². The summed E-state index contributed by atoms with van der Waals surface area (Å²) in [4.78, 5) is 26.2. The summed E-state index contributed by atoms with van der Waals surface area (Å²) in [5.41, 5.74) is 0. The van der Waals surface area contributed by atoms with Gasteiger partial charge in [0.05, 0.1) is 29.9 Å². The van der Waals surface area contributed by atoms with E-state index >= 15 is 0 Å². The number of imide groups is 1. The molecule has 1 aromatic carbocycles. The third kappa shape index (κ3) is 2.76. The third-order valence-corrected chi connectivity index (χ3v) is 7.32. The number of hydrogen-bond acceptors (Lipinski definition) is 5. The number of hydrogen-bond donors (Lipinski definition) is 0. The van der Waals surface area contributed by atoms with Gasteiger partial charge >= 0.3 is 0 Å². The number of fused-ring (bicyclic) bond motifs is 1. The van der Waals surface area contributed by atoms with Crippen LogP contribution in [0.15, 0.2) is 35.2 Å². The molecule has 2 amide bonds. The lowest BCUT2D eigenvalue weighted by molar-refractivity contribution is -0.145. The molecule has 1 aliphatic carbocycles. The van der Waals surface area contributed by atoms with E-state index in [2.05, 4.69) is 0 Å². The van der Waals surface area contributed by atoms with Crippen LogP contribution in [0.25, 0.3) is 0 Å². The Morgan fingerprint density at radius 3 is 2.19 bits per heavy atom. The number of nitrogens with zero attached hydrogens (tertiary/aromatic N) is 2. The number of halogens is 1. The molecule has 0 saturated carbocycles. The van der Waals surface area contributed by atoms with E-state index in [0.29, 0.717) is 12.8 Å². The van der Waals surface area contributed by atoms with Gasteiger partial charge in [-0.3, -0.25) is 14.5 Å². The average molecular weight is 394 g/mol.